The van der Waals surface area contributed by atoms with Gasteiger partial charge < -0.3 is 9.72 Å². The van der Waals surface area contributed by atoms with Crippen LogP contribution in [0.5, 0.6) is 0 Å². The molecule has 2 rings (SSSR count). The van der Waals surface area contributed by atoms with Gasteiger partial charge >= 0.3 is 5.97 Å². The Hall–Kier alpha value is -2.11. The number of esters is 1. The van der Waals surface area contributed by atoms with Crippen molar-refractivity contribution in [2.45, 2.75) is 0 Å². The average molecular weight is 193 g/mol. The van der Waals surface area contributed by atoms with Crippen LogP contribution in [0.4, 0.5) is 0 Å². The Bertz CT molecular complexity index is 540. The van der Waals surface area contributed by atoms with Crippen LogP contribution in [0.2, 0.25) is 0 Å². The van der Waals surface area contributed by atoms with Crippen LogP contribution in [0.1, 0.15) is 10.5 Å². The van der Waals surface area contributed by atoms with Crippen LogP contribution >= 0.6 is 0 Å². The van der Waals surface area contributed by atoms with Gasteiger partial charge in [0.1, 0.15) is 5.69 Å². The lowest BCUT2D eigenvalue weighted by Gasteiger charge is -1.91. The molecule has 0 aliphatic carbocycles. The third-order valence-corrected chi connectivity index (χ3v) is 1.86. The highest BCUT2D eigenvalue weighted by molar-refractivity contribution is 5.94. The maximum absolute atomic E-state index is 11.2. The molecular weight excluding hydrogens is 186 g/mol. The molecule has 0 radical (unpaired) electrons. The number of nitrogens with zero attached hydrogens (tertiary/aromatic N) is 1. The van der Waals surface area contributed by atoms with Crippen LogP contribution in [0.25, 0.3) is 10.9 Å². The van der Waals surface area contributed by atoms with Crippen molar-refractivity contribution >= 4 is 16.9 Å². The Balaban J connectivity index is 2.68. The van der Waals surface area contributed by atoms with Crippen molar-refractivity contribution in [3.8, 4) is 0 Å². The zero-order valence-corrected chi connectivity index (χ0v) is 7.33. The Morgan fingerprint density at radius 2 is 2.36 bits per heavy atom. The highest BCUT2D eigenvalue weighted by Gasteiger charge is 2.10. The first-order valence-electron chi connectivity index (χ1n) is 3.87. The lowest BCUT2D eigenvalue weighted by atomic mass is 10.3. The predicted molar refractivity (Wildman–Crippen MR) is 48.1 cm³/mol. The summed E-state index contributed by atoms with van der Waals surface area (Å²) >= 11 is 0. The van der Waals surface area contributed by atoms with E-state index in [9.17, 15) is 9.59 Å². The van der Waals surface area contributed by atoms with Crippen LogP contribution in [-0.4, -0.2) is 28.3 Å². The van der Waals surface area contributed by atoms with Crippen molar-refractivity contribution in [2.24, 2.45) is 0 Å². The summed E-state index contributed by atoms with van der Waals surface area (Å²) in [6, 6.07) is 1.43. The molecule has 6 heteroatoms. The number of hydrogen-bond donors (Lipinski definition) is 2. The molecule has 0 saturated heterocycles. The SMILES string of the molecule is COC(=O)c1cc2c(=O)[nH]ncc2[nH]1. The number of methoxy groups -OCH3 is 1. The number of carbonyl (C=O) groups is 1. The van der Waals surface area contributed by atoms with E-state index in [0.717, 1.165) is 0 Å². The molecule has 0 saturated carbocycles. The van der Waals surface area contributed by atoms with Crippen LogP contribution in [0.3, 0.4) is 0 Å². The van der Waals surface area contributed by atoms with Crippen LogP contribution in [0.15, 0.2) is 17.1 Å². The number of carbonyl (C=O) groups excluding carboxylic acids is 1. The van der Waals surface area contributed by atoms with E-state index in [1.807, 2.05) is 0 Å². The second-order valence-corrected chi connectivity index (χ2v) is 2.70. The number of fused-ring (bicyclic) bond motifs is 1. The first-order valence-corrected chi connectivity index (χ1v) is 3.87. The Labute approximate surface area is 77.9 Å². The maximum atomic E-state index is 11.2. The van der Waals surface area contributed by atoms with Gasteiger partial charge in [0, 0.05) is 0 Å². The largest absolute Gasteiger partial charge is 0.464 e. The molecule has 0 amide bonds. The van der Waals surface area contributed by atoms with E-state index in [2.05, 4.69) is 19.9 Å². The van der Waals surface area contributed by atoms with Crippen molar-refractivity contribution in [1.29, 1.82) is 0 Å². The molecule has 2 N–H and O–H groups in total. The molecule has 2 aromatic rings. The van der Waals surface area contributed by atoms with Crippen LogP contribution < -0.4 is 5.56 Å². The van der Waals surface area contributed by atoms with Gasteiger partial charge in [-0.15, -0.1) is 0 Å². The van der Waals surface area contributed by atoms with E-state index < -0.39 is 5.97 Å². The maximum Gasteiger partial charge on any atom is 0.354 e. The van der Waals surface area contributed by atoms with E-state index in [-0.39, 0.29) is 11.3 Å². The number of ether oxygens (including phenoxy) is 1. The van der Waals surface area contributed by atoms with Gasteiger partial charge in [-0.2, -0.15) is 5.10 Å². The van der Waals surface area contributed by atoms with Gasteiger partial charge in [0.2, 0.25) is 0 Å². The summed E-state index contributed by atoms with van der Waals surface area (Å²) in [4.78, 5) is 25.1. The molecule has 2 aromatic heterocycles. The number of nitrogens with one attached hydrogen (secondary N) is 2. The summed E-state index contributed by atoms with van der Waals surface area (Å²) in [7, 11) is 1.27. The number of aromatic nitrogens is 3. The second-order valence-electron chi connectivity index (χ2n) is 2.70. The topological polar surface area (TPSA) is 87.8 Å². The molecular formula is C8H7N3O3. The molecule has 6 nitrogen and oxygen atoms in total. The molecule has 0 atom stereocenters. The summed E-state index contributed by atoms with van der Waals surface area (Å²) in [5, 5.41) is 6.25. The van der Waals surface area contributed by atoms with E-state index >= 15 is 0 Å². The van der Waals surface area contributed by atoms with Crippen molar-refractivity contribution in [2.75, 3.05) is 7.11 Å². The van der Waals surface area contributed by atoms with Crippen LogP contribution in [0, 0.1) is 0 Å². The second kappa shape index (κ2) is 2.99. The fourth-order valence-electron chi connectivity index (χ4n) is 1.20. The molecule has 14 heavy (non-hydrogen) atoms. The monoisotopic (exact) mass is 193 g/mol. The minimum absolute atomic E-state index is 0.237. The summed E-state index contributed by atoms with van der Waals surface area (Å²) in [5.41, 5.74) is 0.407. The normalized spacial score (nSPS) is 10.4. The molecule has 0 aliphatic heterocycles. The molecule has 72 valence electrons. The smallest absolute Gasteiger partial charge is 0.354 e. The fraction of sp³-hybridized carbons (Fsp3) is 0.125. The minimum atomic E-state index is -0.513. The Morgan fingerprint density at radius 1 is 1.57 bits per heavy atom. The third-order valence-electron chi connectivity index (χ3n) is 1.86. The highest BCUT2D eigenvalue weighted by atomic mass is 16.5. The molecule has 0 spiro atoms. The lowest BCUT2D eigenvalue weighted by molar-refractivity contribution is 0.0595. The number of rotatable bonds is 1. The minimum Gasteiger partial charge on any atom is -0.464 e. The standard InChI is InChI=1S/C8H7N3O3/c1-14-8(13)5-2-4-6(10-5)3-9-11-7(4)12/h2-3,10H,1H3,(H,11,12). The molecule has 0 fully saturated rings. The van der Waals surface area contributed by atoms with Crippen molar-refractivity contribution < 1.29 is 9.53 Å². The summed E-state index contributed by atoms with van der Waals surface area (Å²) in [6.07, 6.45) is 1.43. The first kappa shape index (κ1) is 8.49. The lowest BCUT2D eigenvalue weighted by Crippen LogP contribution is -2.05. The number of aromatic amines is 2. The van der Waals surface area contributed by atoms with Crippen molar-refractivity contribution in [3.05, 3.63) is 28.3 Å². The van der Waals surface area contributed by atoms with Gasteiger partial charge in [-0.1, -0.05) is 0 Å². The molecule has 0 aliphatic rings. The zero-order valence-electron chi connectivity index (χ0n) is 7.33. The van der Waals surface area contributed by atoms with Gasteiger partial charge in [0.05, 0.1) is 24.2 Å². The van der Waals surface area contributed by atoms with Crippen LogP contribution in [-0.2, 0) is 4.74 Å². The van der Waals surface area contributed by atoms with Crippen molar-refractivity contribution in [1.82, 2.24) is 15.2 Å². The van der Waals surface area contributed by atoms with Gasteiger partial charge in [-0.3, -0.25) is 4.79 Å². The van der Waals surface area contributed by atoms with E-state index in [0.29, 0.717) is 10.9 Å². The van der Waals surface area contributed by atoms with Crippen molar-refractivity contribution in [3.63, 3.8) is 0 Å². The average Bonchev–Trinajstić information content (AvgIpc) is 2.62. The highest BCUT2D eigenvalue weighted by Crippen LogP contribution is 2.09. The predicted octanol–water partition coefficient (Wildman–Crippen LogP) is 0.0378. The van der Waals surface area contributed by atoms with E-state index in [1.54, 1.807) is 0 Å². The Morgan fingerprint density at radius 3 is 3.00 bits per heavy atom. The van der Waals surface area contributed by atoms with E-state index in [4.69, 9.17) is 0 Å². The quantitative estimate of drug-likeness (QED) is 0.626. The Kier molecular flexibility index (Phi) is 1.81. The molecule has 2 heterocycles. The summed E-state index contributed by atoms with van der Waals surface area (Å²) in [6.45, 7) is 0. The van der Waals surface area contributed by atoms with E-state index in [1.165, 1.54) is 19.4 Å². The summed E-state index contributed by atoms with van der Waals surface area (Å²) in [5.74, 6) is -0.513. The number of hydrogen-bond acceptors (Lipinski definition) is 4. The number of H-pyrrole nitrogens is 2. The van der Waals surface area contributed by atoms with Gasteiger partial charge in [-0.25, -0.2) is 9.89 Å². The third kappa shape index (κ3) is 1.17. The molecule has 0 unspecified atom stereocenters. The molecule has 0 bridgehead atoms. The molecule has 0 aromatic carbocycles. The van der Waals surface area contributed by atoms with Gasteiger partial charge in [-0.05, 0) is 6.07 Å². The summed E-state index contributed by atoms with van der Waals surface area (Å²) < 4.78 is 4.50. The fourth-order valence-corrected chi connectivity index (χ4v) is 1.20. The van der Waals surface area contributed by atoms with Gasteiger partial charge in [0.15, 0.2) is 0 Å². The zero-order chi connectivity index (χ0) is 10.1. The first-order chi connectivity index (χ1) is 6.72. The van der Waals surface area contributed by atoms with Gasteiger partial charge in [0.25, 0.3) is 5.56 Å².